The Balaban J connectivity index is 2.34. The third-order valence-corrected chi connectivity index (χ3v) is 3.25. The average Bonchev–Trinajstić information content (AvgIpc) is 2.31. The number of carbonyl (C=O) groups excluding carboxylic acids is 1. The molecule has 1 rings (SSSR count). The van der Waals surface area contributed by atoms with E-state index in [0.717, 1.165) is 12.2 Å². The molecule has 0 aromatic heterocycles. The zero-order chi connectivity index (χ0) is 12.7. The largest absolute Gasteiger partial charge is 0.354 e. The normalized spacial score (nSPS) is 12.2. The molecule has 0 aliphatic heterocycles. The Hall–Kier alpha value is -1.00. The Kier molecular flexibility index (Phi) is 6.08. The fourth-order valence-electron chi connectivity index (χ4n) is 1.41. The number of carbonyl (C=O) groups is 1. The number of amides is 1. The fourth-order valence-corrected chi connectivity index (χ4v) is 2.07. The number of nitrogens with one attached hydrogen (secondary N) is 1. The van der Waals surface area contributed by atoms with Crippen molar-refractivity contribution in [2.45, 2.75) is 31.2 Å². The van der Waals surface area contributed by atoms with E-state index in [2.05, 4.69) is 36.5 Å². The number of nitrogens with two attached hydrogens (primary N) is 1. The van der Waals surface area contributed by atoms with Gasteiger partial charge in [-0.05, 0) is 36.8 Å². The predicted octanol–water partition coefficient (Wildman–Crippen LogP) is 1.80. The highest BCUT2D eigenvalue weighted by molar-refractivity contribution is 7.99. The molecule has 0 radical (unpaired) electrons. The van der Waals surface area contributed by atoms with Crippen molar-refractivity contribution in [3.8, 4) is 0 Å². The molecule has 3 nitrogen and oxygen atoms in total. The van der Waals surface area contributed by atoms with Crippen LogP contribution in [0.5, 0.6) is 0 Å². The van der Waals surface area contributed by atoms with Crippen LogP contribution in [0, 0.1) is 0 Å². The van der Waals surface area contributed by atoms with Gasteiger partial charge in [-0.25, -0.2) is 0 Å². The van der Waals surface area contributed by atoms with Gasteiger partial charge in [0, 0.05) is 11.4 Å². The molecule has 0 bridgehead atoms. The lowest BCUT2D eigenvalue weighted by Gasteiger charge is -2.08. The van der Waals surface area contributed by atoms with Crippen molar-refractivity contribution in [3.63, 3.8) is 0 Å². The standard InChI is InChI=1S/C13H20N2OS/c1-3-17-12-6-4-11(5-7-12)8-9-15-13(16)10(2)14/h4-7,10H,3,8-9,14H2,1-2H3,(H,15,16). The summed E-state index contributed by atoms with van der Waals surface area (Å²) in [6, 6.07) is 8.03. The van der Waals surface area contributed by atoms with Crippen LogP contribution in [-0.4, -0.2) is 24.2 Å². The Bertz CT molecular complexity index is 349. The molecular weight excluding hydrogens is 232 g/mol. The van der Waals surface area contributed by atoms with E-state index in [-0.39, 0.29) is 5.91 Å². The molecule has 1 aromatic rings. The van der Waals surface area contributed by atoms with E-state index in [1.807, 2.05) is 11.8 Å². The van der Waals surface area contributed by atoms with Gasteiger partial charge in [-0.1, -0.05) is 19.1 Å². The van der Waals surface area contributed by atoms with Crippen LogP contribution in [0.3, 0.4) is 0 Å². The van der Waals surface area contributed by atoms with Crippen molar-refractivity contribution in [3.05, 3.63) is 29.8 Å². The van der Waals surface area contributed by atoms with Gasteiger partial charge in [-0.2, -0.15) is 0 Å². The maximum atomic E-state index is 11.2. The summed E-state index contributed by atoms with van der Waals surface area (Å²) in [5.41, 5.74) is 6.69. The van der Waals surface area contributed by atoms with E-state index in [0.29, 0.717) is 6.54 Å². The second kappa shape index (κ2) is 7.35. The van der Waals surface area contributed by atoms with E-state index in [9.17, 15) is 4.79 Å². The fraction of sp³-hybridized carbons (Fsp3) is 0.462. The van der Waals surface area contributed by atoms with E-state index >= 15 is 0 Å². The maximum absolute atomic E-state index is 11.2. The Morgan fingerprint density at radius 3 is 2.59 bits per heavy atom. The van der Waals surface area contributed by atoms with Gasteiger partial charge in [-0.3, -0.25) is 4.79 Å². The quantitative estimate of drug-likeness (QED) is 0.759. The minimum Gasteiger partial charge on any atom is -0.354 e. The monoisotopic (exact) mass is 252 g/mol. The first-order valence-corrected chi connectivity index (χ1v) is 6.87. The van der Waals surface area contributed by atoms with Crippen LogP contribution in [0.1, 0.15) is 19.4 Å². The van der Waals surface area contributed by atoms with Gasteiger partial charge in [0.2, 0.25) is 5.91 Å². The second-order valence-corrected chi connectivity index (χ2v) is 5.24. The summed E-state index contributed by atoms with van der Waals surface area (Å²) in [4.78, 5) is 12.5. The minimum atomic E-state index is -0.432. The van der Waals surface area contributed by atoms with E-state index in [4.69, 9.17) is 5.73 Å². The summed E-state index contributed by atoms with van der Waals surface area (Å²) >= 11 is 1.83. The highest BCUT2D eigenvalue weighted by Crippen LogP contribution is 2.17. The highest BCUT2D eigenvalue weighted by atomic mass is 32.2. The van der Waals surface area contributed by atoms with Crippen LogP contribution in [0.15, 0.2) is 29.2 Å². The predicted molar refractivity (Wildman–Crippen MR) is 73.2 cm³/mol. The molecule has 0 saturated carbocycles. The van der Waals surface area contributed by atoms with Crippen LogP contribution in [0.25, 0.3) is 0 Å². The van der Waals surface area contributed by atoms with Crippen molar-refractivity contribution in [1.29, 1.82) is 0 Å². The van der Waals surface area contributed by atoms with Crippen molar-refractivity contribution >= 4 is 17.7 Å². The smallest absolute Gasteiger partial charge is 0.236 e. The molecule has 0 saturated heterocycles. The average molecular weight is 252 g/mol. The Morgan fingerprint density at radius 1 is 1.41 bits per heavy atom. The summed E-state index contributed by atoms with van der Waals surface area (Å²) in [5, 5.41) is 2.80. The van der Waals surface area contributed by atoms with Crippen LogP contribution < -0.4 is 11.1 Å². The van der Waals surface area contributed by atoms with Gasteiger partial charge in [-0.15, -0.1) is 11.8 Å². The molecule has 0 aliphatic rings. The molecule has 1 amide bonds. The van der Waals surface area contributed by atoms with Crippen molar-refractivity contribution < 1.29 is 4.79 Å². The number of rotatable bonds is 6. The second-order valence-electron chi connectivity index (χ2n) is 3.91. The van der Waals surface area contributed by atoms with E-state index in [1.165, 1.54) is 10.5 Å². The Morgan fingerprint density at radius 2 is 2.06 bits per heavy atom. The summed E-state index contributed by atoms with van der Waals surface area (Å²) in [5.74, 6) is 0.993. The first-order valence-electron chi connectivity index (χ1n) is 5.88. The molecule has 0 fully saturated rings. The molecule has 0 spiro atoms. The molecule has 1 aromatic carbocycles. The van der Waals surface area contributed by atoms with Crippen molar-refractivity contribution in [2.24, 2.45) is 5.73 Å². The lowest BCUT2D eigenvalue weighted by Crippen LogP contribution is -2.39. The van der Waals surface area contributed by atoms with Gasteiger partial charge >= 0.3 is 0 Å². The molecule has 1 unspecified atom stereocenters. The van der Waals surface area contributed by atoms with Gasteiger partial charge in [0.15, 0.2) is 0 Å². The van der Waals surface area contributed by atoms with Gasteiger partial charge in [0.1, 0.15) is 0 Å². The molecule has 94 valence electrons. The van der Waals surface area contributed by atoms with Gasteiger partial charge in [0.05, 0.1) is 6.04 Å². The molecular formula is C13H20N2OS. The zero-order valence-corrected chi connectivity index (χ0v) is 11.2. The topological polar surface area (TPSA) is 55.1 Å². The first kappa shape index (κ1) is 14.1. The first-order chi connectivity index (χ1) is 8.13. The van der Waals surface area contributed by atoms with Crippen molar-refractivity contribution in [1.82, 2.24) is 5.32 Å². The number of benzene rings is 1. The Labute approximate surface area is 107 Å². The third-order valence-electron chi connectivity index (χ3n) is 2.36. The summed E-state index contributed by atoms with van der Waals surface area (Å²) in [6.45, 7) is 4.47. The van der Waals surface area contributed by atoms with Crippen LogP contribution in [-0.2, 0) is 11.2 Å². The van der Waals surface area contributed by atoms with Crippen molar-refractivity contribution in [2.75, 3.05) is 12.3 Å². The summed E-state index contributed by atoms with van der Waals surface area (Å²) < 4.78 is 0. The number of hydrogen-bond acceptors (Lipinski definition) is 3. The lowest BCUT2D eigenvalue weighted by molar-refractivity contribution is -0.121. The minimum absolute atomic E-state index is 0.0943. The van der Waals surface area contributed by atoms with Crippen LogP contribution in [0.4, 0.5) is 0 Å². The molecule has 0 heterocycles. The highest BCUT2D eigenvalue weighted by Gasteiger charge is 2.05. The molecule has 1 atom stereocenters. The zero-order valence-electron chi connectivity index (χ0n) is 10.4. The van der Waals surface area contributed by atoms with Gasteiger partial charge in [0.25, 0.3) is 0 Å². The van der Waals surface area contributed by atoms with E-state index < -0.39 is 6.04 Å². The van der Waals surface area contributed by atoms with Crippen LogP contribution in [0.2, 0.25) is 0 Å². The third kappa shape index (κ3) is 5.24. The van der Waals surface area contributed by atoms with Crippen LogP contribution >= 0.6 is 11.8 Å². The maximum Gasteiger partial charge on any atom is 0.236 e. The lowest BCUT2D eigenvalue weighted by atomic mass is 10.1. The summed E-state index contributed by atoms with van der Waals surface area (Å²) in [7, 11) is 0. The molecule has 0 aliphatic carbocycles. The molecule has 3 N–H and O–H groups in total. The summed E-state index contributed by atoms with van der Waals surface area (Å²) in [6.07, 6.45) is 0.843. The van der Waals surface area contributed by atoms with Gasteiger partial charge < -0.3 is 11.1 Å². The molecule has 4 heteroatoms. The van der Waals surface area contributed by atoms with E-state index in [1.54, 1.807) is 6.92 Å². The number of hydrogen-bond donors (Lipinski definition) is 2. The molecule has 17 heavy (non-hydrogen) atoms. The number of thioether (sulfide) groups is 1. The SMILES string of the molecule is CCSc1ccc(CCNC(=O)C(C)N)cc1.